The monoisotopic (exact) mass is 529 g/mol. The summed E-state index contributed by atoms with van der Waals surface area (Å²) in [5, 5.41) is 0.943. The highest BCUT2D eigenvalue weighted by Gasteiger charge is 2.17. The second kappa shape index (κ2) is 12.8. The molecule has 0 saturated carbocycles. The van der Waals surface area contributed by atoms with Gasteiger partial charge in [0, 0.05) is 36.1 Å². The molecule has 0 atom stereocenters. The lowest BCUT2D eigenvalue weighted by atomic mass is 10.0. The number of hydrogen-bond acceptors (Lipinski definition) is 7. The molecule has 1 saturated heterocycles. The lowest BCUT2D eigenvalue weighted by molar-refractivity contribution is -0.142. The molecule has 7 heteroatoms. The fourth-order valence-electron chi connectivity index (χ4n) is 4.79. The third-order valence-electron chi connectivity index (χ3n) is 6.84. The van der Waals surface area contributed by atoms with Crippen molar-refractivity contribution in [2.24, 2.45) is 0 Å². The van der Waals surface area contributed by atoms with Gasteiger partial charge in [-0.05, 0) is 43.2 Å². The highest BCUT2D eigenvalue weighted by Crippen LogP contribution is 2.36. The van der Waals surface area contributed by atoms with Crippen molar-refractivity contribution in [3.8, 4) is 22.6 Å². The number of carbonyl (C=O) groups is 1. The SMILES string of the molecule is CCOC(=O)Cc1ccccc1OCc1coc2c(OCCN3CCOCC3)cc(-c3cccc(C)c3)cc12. The summed E-state index contributed by atoms with van der Waals surface area (Å²) in [4.78, 5) is 14.4. The van der Waals surface area contributed by atoms with E-state index in [1.165, 1.54) is 5.56 Å². The van der Waals surface area contributed by atoms with Gasteiger partial charge in [0.05, 0.1) is 32.5 Å². The van der Waals surface area contributed by atoms with Gasteiger partial charge in [-0.25, -0.2) is 0 Å². The average molecular weight is 530 g/mol. The summed E-state index contributed by atoms with van der Waals surface area (Å²) >= 11 is 0. The molecule has 204 valence electrons. The van der Waals surface area contributed by atoms with E-state index in [0.717, 1.165) is 60.5 Å². The van der Waals surface area contributed by atoms with Gasteiger partial charge < -0.3 is 23.4 Å². The van der Waals surface area contributed by atoms with E-state index in [1.54, 1.807) is 13.2 Å². The van der Waals surface area contributed by atoms with Crippen molar-refractivity contribution in [3.63, 3.8) is 0 Å². The molecule has 0 radical (unpaired) electrons. The van der Waals surface area contributed by atoms with E-state index in [-0.39, 0.29) is 19.0 Å². The summed E-state index contributed by atoms with van der Waals surface area (Å²) in [5.74, 6) is 1.09. The van der Waals surface area contributed by atoms with Crippen molar-refractivity contribution in [1.29, 1.82) is 0 Å². The number of esters is 1. The lowest BCUT2D eigenvalue weighted by Crippen LogP contribution is -2.38. The highest BCUT2D eigenvalue weighted by atomic mass is 16.5. The summed E-state index contributed by atoms with van der Waals surface area (Å²) < 4.78 is 29.1. The van der Waals surface area contributed by atoms with E-state index >= 15 is 0 Å². The quantitative estimate of drug-likeness (QED) is 0.227. The number of carbonyl (C=O) groups excluding carboxylic acids is 1. The molecule has 0 bridgehead atoms. The lowest BCUT2D eigenvalue weighted by Gasteiger charge is -2.26. The fraction of sp³-hybridized carbons (Fsp3) is 0.344. The van der Waals surface area contributed by atoms with Gasteiger partial charge in [0.15, 0.2) is 11.3 Å². The molecule has 0 unspecified atom stereocenters. The van der Waals surface area contributed by atoms with Crippen LogP contribution in [-0.4, -0.2) is 56.9 Å². The van der Waals surface area contributed by atoms with E-state index in [9.17, 15) is 4.79 Å². The van der Waals surface area contributed by atoms with Gasteiger partial charge in [-0.3, -0.25) is 9.69 Å². The molecule has 1 fully saturated rings. The molecule has 7 nitrogen and oxygen atoms in total. The van der Waals surface area contributed by atoms with Crippen LogP contribution in [0.5, 0.6) is 11.5 Å². The van der Waals surface area contributed by atoms with Crippen molar-refractivity contribution in [3.05, 3.63) is 83.6 Å². The van der Waals surface area contributed by atoms with Crippen molar-refractivity contribution in [2.75, 3.05) is 46.1 Å². The van der Waals surface area contributed by atoms with E-state index in [0.29, 0.717) is 30.3 Å². The minimum absolute atomic E-state index is 0.161. The minimum Gasteiger partial charge on any atom is -0.488 e. The van der Waals surface area contributed by atoms with Crippen LogP contribution in [0, 0.1) is 6.92 Å². The smallest absolute Gasteiger partial charge is 0.310 e. The Hall–Kier alpha value is -3.81. The van der Waals surface area contributed by atoms with Gasteiger partial charge in [0.1, 0.15) is 19.0 Å². The topological polar surface area (TPSA) is 70.4 Å². The minimum atomic E-state index is -0.274. The van der Waals surface area contributed by atoms with Gasteiger partial charge in [-0.15, -0.1) is 0 Å². The van der Waals surface area contributed by atoms with Crippen LogP contribution in [-0.2, 0) is 27.3 Å². The number of hydrogen-bond donors (Lipinski definition) is 0. The number of furan rings is 1. The predicted molar refractivity (Wildman–Crippen MR) is 150 cm³/mol. The first-order valence-electron chi connectivity index (χ1n) is 13.5. The molecule has 39 heavy (non-hydrogen) atoms. The molecule has 0 aliphatic carbocycles. The third kappa shape index (κ3) is 6.80. The Labute approximate surface area is 229 Å². The van der Waals surface area contributed by atoms with Gasteiger partial charge in [-0.2, -0.15) is 0 Å². The Balaban J connectivity index is 1.40. The molecule has 4 aromatic rings. The molecule has 0 amide bonds. The Kier molecular flexibility index (Phi) is 8.81. The van der Waals surface area contributed by atoms with Crippen molar-refractivity contribution in [1.82, 2.24) is 4.90 Å². The zero-order valence-electron chi connectivity index (χ0n) is 22.6. The maximum absolute atomic E-state index is 12.1. The van der Waals surface area contributed by atoms with Crippen LogP contribution in [0.3, 0.4) is 0 Å². The molecule has 3 aromatic carbocycles. The molecular weight excluding hydrogens is 494 g/mol. The molecule has 0 N–H and O–H groups in total. The van der Waals surface area contributed by atoms with Crippen LogP contribution in [0.15, 0.2) is 71.3 Å². The summed E-state index contributed by atoms with van der Waals surface area (Å²) in [6, 6.07) is 20.2. The van der Waals surface area contributed by atoms with Crippen molar-refractivity contribution < 1.29 is 28.2 Å². The third-order valence-corrected chi connectivity index (χ3v) is 6.84. The van der Waals surface area contributed by atoms with Gasteiger partial charge in [0.25, 0.3) is 0 Å². The first-order valence-corrected chi connectivity index (χ1v) is 13.5. The van der Waals surface area contributed by atoms with Crippen LogP contribution in [0.4, 0.5) is 0 Å². The van der Waals surface area contributed by atoms with Crippen LogP contribution in [0.1, 0.15) is 23.6 Å². The van der Waals surface area contributed by atoms with E-state index in [4.69, 9.17) is 23.4 Å². The first-order chi connectivity index (χ1) is 19.1. The predicted octanol–water partition coefficient (Wildman–Crippen LogP) is 5.80. The largest absolute Gasteiger partial charge is 0.488 e. The zero-order valence-corrected chi connectivity index (χ0v) is 22.6. The van der Waals surface area contributed by atoms with Crippen LogP contribution >= 0.6 is 0 Å². The van der Waals surface area contributed by atoms with Gasteiger partial charge >= 0.3 is 5.97 Å². The number of nitrogens with zero attached hydrogens (tertiary/aromatic N) is 1. The second-order valence-electron chi connectivity index (χ2n) is 9.66. The van der Waals surface area contributed by atoms with E-state index < -0.39 is 0 Å². The summed E-state index contributed by atoms with van der Waals surface area (Å²) in [5.41, 5.74) is 5.75. The Bertz CT molecular complexity index is 1410. The van der Waals surface area contributed by atoms with E-state index in [1.807, 2.05) is 24.3 Å². The Morgan fingerprint density at radius 2 is 1.77 bits per heavy atom. The standard InChI is InChI=1S/C32H35NO6/c1-3-36-31(34)20-25-8-4-5-10-29(25)38-21-27-22-39-32-28(27)18-26(24-9-6-7-23(2)17-24)19-30(32)37-16-13-33-11-14-35-15-12-33/h4-10,17-19,22H,3,11-16,20-21H2,1-2H3. The number of aryl methyl sites for hydroxylation is 1. The summed E-state index contributed by atoms with van der Waals surface area (Å²) in [6.07, 6.45) is 1.89. The van der Waals surface area contributed by atoms with Crippen LogP contribution < -0.4 is 9.47 Å². The zero-order chi connectivity index (χ0) is 27.0. The normalized spacial score (nSPS) is 13.9. The summed E-state index contributed by atoms with van der Waals surface area (Å²) in [6.45, 7) is 9.27. The van der Waals surface area contributed by atoms with Gasteiger partial charge in [0.2, 0.25) is 0 Å². The van der Waals surface area contributed by atoms with Crippen molar-refractivity contribution >= 4 is 16.9 Å². The number of benzene rings is 3. The molecule has 1 aromatic heterocycles. The van der Waals surface area contributed by atoms with E-state index in [2.05, 4.69) is 48.2 Å². The number of para-hydroxylation sites is 1. The maximum atomic E-state index is 12.1. The number of fused-ring (bicyclic) bond motifs is 1. The molecule has 0 spiro atoms. The average Bonchev–Trinajstić information content (AvgIpc) is 3.36. The number of rotatable bonds is 11. The van der Waals surface area contributed by atoms with Crippen molar-refractivity contribution in [2.45, 2.75) is 26.9 Å². The van der Waals surface area contributed by atoms with Crippen LogP contribution in [0.25, 0.3) is 22.1 Å². The fourth-order valence-corrected chi connectivity index (χ4v) is 4.79. The molecular formula is C32H35NO6. The summed E-state index contributed by atoms with van der Waals surface area (Å²) in [7, 11) is 0. The Morgan fingerprint density at radius 1 is 0.923 bits per heavy atom. The van der Waals surface area contributed by atoms with Crippen LogP contribution in [0.2, 0.25) is 0 Å². The highest BCUT2D eigenvalue weighted by molar-refractivity contribution is 5.91. The maximum Gasteiger partial charge on any atom is 0.310 e. The number of ether oxygens (including phenoxy) is 4. The first kappa shape index (κ1) is 26.8. The molecule has 5 rings (SSSR count). The Morgan fingerprint density at radius 3 is 2.59 bits per heavy atom. The molecule has 2 heterocycles. The molecule has 1 aliphatic rings. The van der Waals surface area contributed by atoms with Gasteiger partial charge in [-0.1, -0.05) is 48.0 Å². The second-order valence-corrected chi connectivity index (χ2v) is 9.66. The molecule has 1 aliphatic heterocycles. The number of morpholine rings is 1.